The lowest BCUT2D eigenvalue weighted by atomic mass is 10.1. The molecule has 0 saturated carbocycles. The minimum Gasteiger partial charge on any atom is -0.298 e. The van der Waals surface area contributed by atoms with Gasteiger partial charge >= 0.3 is 0 Å². The highest BCUT2D eigenvalue weighted by Crippen LogP contribution is 2.28. The summed E-state index contributed by atoms with van der Waals surface area (Å²) in [6, 6.07) is 15.2. The fraction of sp³-hybridized carbons (Fsp3) is 0. The largest absolute Gasteiger partial charge is 0.298 e. The third kappa shape index (κ3) is 2.73. The lowest BCUT2D eigenvalue weighted by Gasteiger charge is -2.04. The molecular weight excluding hydrogens is 399 g/mol. The Morgan fingerprint density at radius 2 is 1.81 bits per heavy atom. The normalized spacial score (nSPS) is 10.6. The molecule has 0 aliphatic rings. The van der Waals surface area contributed by atoms with Crippen molar-refractivity contribution in [3.63, 3.8) is 0 Å². The number of benzene rings is 2. The predicted octanol–water partition coefficient (Wildman–Crippen LogP) is 4.61. The lowest BCUT2D eigenvalue weighted by molar-refractivity contribution is 0.112. The Kier molecular flexibility index (Phi) is 4.07. The van der Waals surface area contributed by atoms with Gasteiger partial charge in [0.25, 0.3) is 0 Å². The molecule has 0 N–H and O–H groups in total. The van der Waals surface area contributed by atoms with Crippen molar-refractivity contribution in [3.8, 4) is 16.9 Å². The topological polar surface area (TPSA) is 34.9 Å². The zero-order chi connectivity index (χ0) is 14.8. The van der Waals surface area contributed by atoms with Gasteiger partial charge in [-0.15, -0.1) is 0 Å². The van der Waals surface area contributed by atoms with E-state index in [-0.39, 0.29) is 0 Å². The van der Waals surface area contributed by atoms with E-state index in [9.17, 15) is 4.79 Å². The summed E-state index contributed by atoms with van der Waals surface area (Å²) < 4.78 is 2.69. The van der Waals surface area contributed by atoms with Crippen LogP contribution in [0.4, 0.5) is 0 Å². The molecular formula is C16H10ClIN2O. The molecule has 3 rings (SSSR count). The van der Waals surface area contributed by atoms with Crippen LogP contribution >= 0.6 is 34.2 Å². The molecule has 0 aliphatic carbocycles. The van der Waals surface area contributed by atoms with Crippen molar-refractivity contribution in [1.29, 1.82) is 0 Å². The zero-order valence-corrected chi connectivity index (χ0v) is 13.7. The maximum absolute atomic E-state index is 11.4. The number of nitrogens with zero attached hydrogens (tertiary/aromatic N) is 2. The van der Waals surface area contributed by atoms with Gasteiger partial charge in [-0.25, -0.2) is 4.68 Å². The molecule has 0 atom stereocenters. The van der Waals surface area contributed by atoms with Crippen LogP contribution in [0.15, 0.2) is 54.7 Å². The van der Waals surface area contributed by atoms with Crippen molar-refractivity contribution < 1.29 is 4.79 Å². The van der Waals surface area contributed by atoms with Gasteiger partial charge in [0.2, 0.25) is 0 Å². The minimum atomic E-state index is 0.541. The van der Waals surface area contributed by atoms with Gasteiger partial charge in [-0.1, -0.05) is 41.9 Å². The van der Waals surface area contributed by atoms with E-state index in [0.29, 0.717) is 16.3 Å². The van der Waals surface area contributed by atoms with Gasteiger partial charge in [-0.05, 0) is 40.8 Å². The van der Waals surface area contributed by atoms with E-state index >= 15 is 0 Å². The quantitative estimate of drug-likeness (QED) is 0.469. The summed E-state index contributed by atoms with van der Waals surface area (Å²) in [6.07, 6.45) is 2.52. The molecule has 104 valence electrons. The van der Waals surface area contributed by atoms with Crippen LogP contribution in [-0.2, 0) is 0 Å². The van der Waals surface area contributed by atoms with Crippen LogP contribution < -0.4 is 0 Å². The second kappa shape index (κ2) is 5.99. The number of halogens is 2. The Bertz CT molecular complexity index is 814. The molecule has 21 heavy (non-hydrogen) atoms. The number of aldehydes is 1. The first-order valence-electron chi connectivity index (χ1n) is 6.25. The van der Waals surface area contributed by atoms with E-state index in [1.807, 2.05) is 42.5 Å². The molecule has 0 unspecified atom stereocenters. The number of carbonyl (C=O) groups excluding carboxylic acids is 1. The van der Waals surface area contributed by atoms with E-state index < -0.39 is 0 Å². The van der Waals surface area contributed by atoms with Crippen LogP contribution in [0.1, 0.15) is 10.4 Å². The average Bonchev–Trinajstić information content (AvgIpc) is 2.92. The first kappa shape index (κ1) is 14.3. The SMILES string of the molecule is O=Cc1cn(-c2ccccc2Cl)nc1-c1ccccc1I. The van der Waals surface area contributed by atoms with Crippen molar-refractivity contribution in [3.05, 3.63) is 68.9 Å². The summed E-state index contributed by atoms with van der Waals surface area (Å²) in [5, 5.41) is 5.13. The molecule has 1 heterocycles. The molecule has 0 fully saturated rings. The van der Waals surface area contributed by atoms with E-state index in [1.165, 1.54) is 0 Å². The number of hydrogen-bond donors (Lipinski definition) is 0. The molecule has 2 aromatic carbocycles. The van der Waals surface area contributed by atoms with E-state index in [2.05, 4.69) is 27.7 Å². The second-order valence-corrected chi connectivity index (χ2v) is 6.00. The fourth-order valence-corrected chi connectivity index (χ4v) is 2.96. The Morgan fingerprint density at radius 1 is 1.10 bits per heavy atom. The van der Waals surface area contributed by atoms with Crippen molar-refractivity contribution in [2.75, 3.05) is 0 Å². The molecule has 3 nitrogen and oxygen atoms in total. The van der Waals surface area contributed by atoms with Gasteiger partial charge in [0.15, 0.2) is 6.29 Å². The smallest absolute Gasteiger partial charge is 0.153 e. The van der Waals surface area contributed by atoms with Crippen LogP contribution in [0.2, 0.25) is 5.02 Å². The van der Waals surface area contributed by atoms with Crippen LogP contribution in [0.25, 0.3) is 16.9 Å². The Morgan fingerprint density at radius 3 is 2.52 bits per heavy atom. The summed E-state index contributed by atoms with van der Waals surface area (Å²) in [4.78, 5) is 11.4. The summed E-state index contributed by atoms with van der Waals surface area (Å²) >= 11 is 8.43. The molecule has 5 heteroatoms. The van der Waals surface area contributed by atoms with Gasteiger partial charge in [0, 0.05) is 15.3 Å². The highest BCUT2D eigenvalue weighted by atomic mass is 127. The van der Waals surface area contributed by atoms with E-state index in [0.717, 1.165) is 21.1 Å². The highest BCUT2D eigenvalue weighted by Gasteiger charge is 2.14. The maximum Gasteiger partial charge on any atom is 0.153 e. The summed E-state index contributed by atoms with van der Waals surface area (Å²) in [6.45, 7) is 0. The summed E-state index contributed by atoms with van der Waals surface area (Å²) in [5.74, 6) is 0. The van der Waals surface area contributed by atoms with Crippen LogP contribution in [0.3, 0.4) is 0 Å². The molecule has 0 radical (unpaired) electrons. The maximum atomic E-state index is 11.4. The number of carbonyl (C=O) groups is 1. The van der Waals surface area contributed by atoms with Gasteiger partial charge in [0.1, 0.15) is 5.69 Å². The Hall–Kier alpha value is -1.66. The molecule has 0 amide bonds. The minimum absolute atomic E-state index is 0.541. The first-order valence-corrected chi connectivity index (χ1v) is 7.71. The van der Waals surface area contributed by atoms with Crippen molar-refractivity contribution >= 4 is 40.5 Å². The third-order valence-electron chi connectivity index (χ3n) is 3.10. The summed E-state index contributed by atoms with van der Waals surface area (Å²) in [7, 11) is 0. The van der Waals surface area contributed by atoms with Crippen LogP contribution in [0, 0.1) is 3.57 Å². The van der Waals surface area contributed by atoms with Crippen molar-refractivity contribution in [2.24, 2.45) is 0 Å². The molecule has 0 bridgehead atoms. The standard InChI is InChI=1S/C16H10ClIN2O/c17-13-6-2-4-8-15(13)20-9-11(10-21)16(19-20)12-5-1-3-7-14(12)18/h1-10H. The lowest BCUT2D eigenvalue weighted by Crippen LogP contribution is -1.95. The Labute approximate surface area is 140 Å². The molecule has 3 aromatic rings. The zero-order valence-electron chi connectivity index (χ0n) is 10.8. The van der Waals surface area contributed by atoms with Crippen LogP contribution in [0.5, 0.6) is 0 Å². The van der Waals surface area contributed by atoms with Gasteiger partial charge < -0.3 is 0 Å². The number of hydrogen-bond acceptors (Lipinski definition) is 2. The number of aromatic nitrogens is 2. The van der Waals surface area contributed by atoms with E-state index in [4.69, 9.17) is 11.6 Å². The average molecular weight is 409 g/mol. The van der Waals surface area contributed by atoms with Gasteiger partial charge in [-0.2, -0.15) is 5.10 Å². The van der Waals surface area contributed by atoms with Gasteiger partial charge in [-0.3, -0.25) is 4.79 Å². The second-order valence-electron chi connectivity index (χ2n) is 4.43. The van der Waals surface area contributed by atoms with Crippen molar-refractivity contribution in [1.82, 2.24) is 9.78 Å². The van der Waals surface area contributed by atoms with E-state index in [1.54, 1.807) is 16.9 Å². The first-order chi connectivity index (χ1) is 10.2. The molecule has 1 aromatic heterocycles. The number of para-hydroxylation sites is 1. The van der Waals surface area contributed by atoms with Crippen molar-refractivity contribution in [2.45, 2.75) is 0 Å². The van der Waals surface area contributed by atoms with Crippen LogP contribution in [-0.4, -0.2) is 16.1 Å². The predicted molar refractivity (Wildman–Crippen MR) is 92.1 cm³/mol. The number of rotatable bonds is 3. The molecule has 0 saturated heterocycles. The van der Waals surface area contributed by atoms with Gasteiger partial charge in [0.05, 0.1) is 16.3 Å². The highest BCUT2D eigenvalue weighted by molar-refractivity contribution is 14.1. The third-order valence-corrected chi connectivity index (χ3v) is 4.36. The Balaban J connectivity index is 2.18. The monoisotopic (exact) mass is 408 g/mol. The molecule has 0 spiro atoms. The summed E-state index contributed by atoms with van der Waals surface area (Å²) in [5.41, 5.74) is 2.89. The molecule has 0 aliphatic heterocycles. The fourth-order valence-electron chi connectivity index (χ4n) is 2.10.